The summed E-state index contributed by atoms with van der Waals surface area (Å²) in [6.07, 6.45) is 1.50. The monoisotopic (exact) mass is 280 g/mol. The summed E-state index contributed by atoms with van der Waals surface area (Å²) in [5, 5.41) is 0.640. The van der Waals surface area contributed by atoms with Crippen molar-refractivity contribution in [2.75, 3.05) is 0 Å². The summed E-state index contributed by atoms with van der Waals surface area (Å²) in [6, 6.07) is 6.48. The summed E-state index contributed by atoms with van der Waals surface area (Å²) in [5.41, 5.74) is 1.11. The lowest BCUT2D eigenvalue weighted by Crippen LogP contribution is -1.89. The van der Waals surface area contributed by atoms with Crippen LogP contribution in [0.25, 0.3) is 11.2 Å². The van der Waals surface area contributed by atoms with Gasteiger partial charge in [-0.15, -0.1) is 0 Å². The highest BCUT2D eigenvalue weighted by Crippen LogP contribution is 2.32. The zero-order valence-corrected chi connectivity index (χ0v) is 10.5. The molecule has 2 aromatic heterocycles. The molecule has 0 saturated carbocycles. The highest BCUT2D eigenvalue weighted by Gasteiger charge is 2.12. The van der Waals surface area contributed by atoms with Crippen molar-refractivity contribution in [3.63, 3.8) is 0 Å². The molecule has 18 heavy (non-hydrogen) atoms. The van der Waals surface area contributed by atoms with E-state index in [1.165, 1.54) is 24.2 Å². The first-order valence-electron chi connectivity index (χ1n) is 5.03. The first-order valence-corrected chi connectivity index (χ1v) is 6.22. The van der Waals surface area contributed by atoms with Gasteiger partial charge < -0.3 is 4.98 Å². The molecule has 1 aromatic carbocycles. The van der Waals surface area contributed by atoms with Gasteiger partial charge in [-0.1, -0.05) is 23.9 Å². The maximum absolute atomic E-state index is 13.6. The molecule has 0 aliphatic rings. The third kappa shape index (κ3) is 2.04. The van der Waals surface area contributed by atoms with E-state index in [-0.39, 0.29) is 11.1 Å². The van der Waals surface area contributed by atoms with Gasteiger partial charge in [0.2, 0.25) is 5.28 Å². The fourth-order valence-corrected chi connectivity index (χ4v) is 2.61. The lowest BCUT2D eigenvalue weighted by atomic mass is 10.3. The molecule has 1 N–H and O–H groups in total. The average molecular weight is 281 g/mol. The largest absolute Gasteiger partial charge is 0.341 e. The lowest BCUT2D eigenvalue weighted by molar-refractivity contribution is 0.602. The molecule has 0 aliphatic carbocycles. The Balaban J connectivity index is 2.10. The molecule has 0 bridgehead atoms. The number of aromatic amines is 1. The number of fused-ring (bicyclic) bond motifs is 1. The number of hydrogen-bond acceptors (Lipinski definition) is 4. The number of benzene rings is 1. The van der Waals surface area contributed by atoms with Crippen molar-refractivity contribution in [2.24, 2.45) is 0 Å². The molecular weight excluding hydrogens is 275 g/mol. The number of halogens is 2. The van der Waals surface area contributed by atoms with Crippen molar-refractivity contribution < 1.29 is 4.39 Å². The van der Waals surface area contributed by atoms with Gasteiger partial charge >= 0.3 is 0 Å². The Bertz CT molecular complexity index is 715. The second-order valence-electron chi connectivity index (χ2n) is 3.43. The fraction of sp³-hybridized carbons (Fsp3) is 0. The molecule has 0 amide bonds. The van der Waals surface area contributed by atoms with Crippen LogP contribution in [0.1, 0.15) is 0 Å². The Hall–Kier alpha value is -1.66. The van der Waals surface area contributed by atoms with Crippen LogP contribution in [0.3, 0.4) is 0 Å². The lowest BCUT2D eigenvalue weighted by Gasteiger charge is -2.03. The van der Waals surface area contributed by atoms with Gasteiger partial charge in [0.25, 0.3) is 0 Å². The van der Waals surface area contributed by atoms with Crippen LogP contribution < -0.4 is 0 Å². The molecule has 3 rings (SSSR count). The van der Waals surface area contributed by atoms with Crippen LogP contribution in [0.2, 0.25) is 5.28 Å². The number of aromatic nitrogens is 4. The molecule has 3 aromatic rings. The topological polar surface area (TPSA) is 54.5 Å². The van der Waals surface area contributed by atoms with Gasteiger partial charge in [-0.05, 0) is 23.7 Å². The maximum Gasteiger partial charge on any atom is 0.225 e. The number of nitrogens with one attached hydrogen (secondary N) is 1. The summed E-state index contributed by atoms with van der Waals surface area (Å²) < 4.78 is 13.6. The summed E-state index contributed by atoms with van der Waals surface area (Å²) in [5.74, 6) is -0.301. The van der Waals surface area contributed by atoms with E-state index in [0.717, 1.165) is 0 Å². The first kappa shape index (κ1) is 11.4. The van der Waals surface area contributed by atoms with Crippen molar-refractivity contribution in [1.29, 1.82) is 0 Å². The van der Waals surface area contributed by atoms with Crippen molar-refractivity contribution in [2.45, 2.75) is 9.92 Å². The normalized spacial score (nSPS) is 11.0. The van der Waals surface area contributed by atoms with Gasteiger partial charge in [-0.3, -0.25) is 0 Å². The maximum atomic E-state index is 13.6. The molecule has 2 heterocycles. The summed E-state index contributed by atoms with van der Waals surface area (Å²) in [7, 11) is 0. The van der Waals surface area contributed by atoms with Crippen molar-refractivity contribution in [3.8, 4) is 0 Å². The zero-order valence-electron chi connectivity index (χ0n) is 8.89. The quantitative estimate of drug-likeness (QED) is 0.578. The van der Waals surface area contributed by atoms with Gasteiger partial charge in [0.1, 0.15) is 16.4 Å². The van der Waals surface area contributed by atoms with Crippen molar-refractivity contribution in [1.82, 2.24) is 19.9 Å². The van der Waals surface area contributed by atoms with E-state index in [1.807, 2.05) is 0 Å². The number of H-pyrrole nitrogens is 1. The summed E-state index contributed by atoms with van der Waals surface area (Å²) >= 11 is 6.98. The second-order valence-corrected chi connectivity index (χ2v) is 4.80. The molecule has 0 aliphatic heterocycles. The standard InChI is InChI=1S/C11H6ClFN4S/c12-11-16-9-8(14-5-15-9)10(17-11)18-7-4-2-1-3-6(7)13/h1-5H,(H,14,15,16,17). The number of hydrogen-bond donors (Lipinski definition) is 1. The van der Waals surface area contributed by atoms with Crippen molar-refractivity contribution >= 4 is 34.5 Å². The van der Waals surface area contributed by atoms with Crippen LogP contribution in [-0.4, -0.2) is 19.9 Å². The minimum absolute atomic E-state index is 0.0911. The van der Waals surface area contributed by atoms with Crippen LogP contribution in [0.5, 0.6) is 0 Å². The van der Waals surface area contributed by atoms with Gasteiger partial charge in [0, 0.05) is 4.90 Å². The van der Waals surface area contributed by atoms with E-state index in [0.29, 0.717) is 21.1 Å². The van der Waals surface area contributed by atoms with Gasteiger partial charge in [-0.25, -0.2) is 14.4 Å². The van der Waals surface area contributed by atoms with Gasteiger partial charge in [-0.2, -0.15) is 4.98 Å². The molecule has 0 spiro atoms. The molecule has 90 valence electrons. The summed E-state index contributed by atoms with van der Waals surface area (Å²) in [4.78, 5) is 15.5. The van der Waals surface area contributed by atoms with Crippen LogP contribution in [-0.2, 0) is 0 Å². The Kier molecular flexibility index (Phi) is 2.89. The Morgan fingerprint density at radius 1 is 1.22 bits per heavy atom. The van der Waals surface area contributed by atoms with Crippen LogP contribution in [0.4, 0.5) is 4.39 Å². The number of imidazole rings is 1. The zero-order chi connectivity index (χ0) is 12.5. The highest BCUT2D eigenvalue weighted by atomic mass is 35.5. The van der Waals surface area contributed by atoms with Gasteiger partial charge in [0.15, 0.2) is 5.65 Å². The molecule has 0 saturated heterocycles. The molecule has 0 atom stereocenters. The number of nitrogens with zero attached hydrogens (tertiary/aromatic N) is 3. The fourth-order valence-electron chi connectivity index (χ4n) is 1.49. The van der Waals surface area contributed by atoms with E-state index in [2.05, 4.69) is 19.9 Å². The average Bonchev–Trinajstić information content (AvgIpc) is 2.80. The third-order valence-corrected chi connectivity index (χ3v) is 3.48. The number of rotatable bonds is 2. The second kappa shape index (κ2) is 4.55. The molecule has 7 heteroatoms. The Labute approximate surface area is 111 Å². The predicted octanol–water partition coefficient (Wildman–Crippen LogP) is 3.30. The van der Waals surface area contributed by atoms with E-state index in [9.17, 15) is 4.39 Å². The van der Waals surface area contributed by atoms with Crippen molar-refractivity contribution in [3.05, 3.63) is 41.7 Å². The summed E-state index contributed by atoms with van der Waals surface area (Å²) in [6.45, 7) is 0. The first-order chi connectivity index (χ1) is 8.74. The molecule has 0 radical (unpaired) electrons. The smallest absolute Gasteiger partial charge is 0.225 e. The third-order valence-electron chi connectivity index (χ3n) is 2.27. The van der Waals surface area contributed by atoms with E-state index in [4.69, 9.17) is 11.6 Å². The van der Waals surface area contributed by atoms with E-state index in [1.54, 1.807) is 18.2 Å². The Morgan fingerprint density at radius 2 is 2.06 bits per heavy atom. The van der Waals surface area contributed by atoms with E-state index < -0.39 is 0 Å². The van der Waals surface area contributed by atoms with Gasteiger partial charge in [0.05, 0.1) is 6.33 Å². The minimum atomic E-state index is -0.301. The molecule has 0 fully saturated rings. The molecule has 4 nitrogen and oxygen atoms in total. The van der Waals surface area contributed by atoms with E-state index >= 15 is 0 Å². The molecule has 0 unspecified atom stereocenters. The Morgan fingerprint density at radius 3 is 2.89 bits per heavy atom. The predicted molar refractivity (Wildman–Crippen MR) is 67.2 cm³/mol. The van der Waals surface area contributed by atoms with Crippen LogP contribution in [0, 0.1) is 5.82 Å². The van der Waals surface area contributed by atoms with Crippen LogP contribution >= 0.6 is 23.4 Å². The minimum Gasteiger partial charge on any atom is -0.341 e. The van der Waals surface area contributed by atoms with Crippen LogP contribution in [0.15, 0.2) is 40.5 Å². The molecular formula is C11H6ClFN4S. The highest BCUT2D eigenvalue weighted by molar-refractivity contribution is 7.99. The SMILES string of the molecule is Fc1ccccc1Sc1nc(Cl)nc2nc[nH]c12.